The van der Waals surface area contributed by atoms with E-state index in [1.807, 2.05) is 0 Å². The molecule has 1 fully saturated rings. The highest BCUT2D eigenvalue weighted by atomic mass is 35.5. The summed E-state index contributed by atoms with van der Waals surface area (Å²) in [6.45, 7) is 5.66. The van der Waals surface area contributed by atoms with Crippen molar-refractivity contribution in [2.45, 2.75) is 38.0 Å². The van der Waals surface area contributed by atoms with Crippen LogP contribution < -0.4 is 0 Å². The second kappa shape index (κ2) is 7.03. The molecule has 1 aliphatic heterocycles. The summed E-state index contributed by atoms with van der Waals surface area (Å²) in [4.78, 5) is 3.99. The Morgan fingerprint density at radius 1 is 1.46 bits per heavy atom. The molecule has 0 N–H and O–H groups in total. The Kier molecular flexibility index (Phi) is 5.26. The van der Waals surface area contributed by atoms with Gasteiger partial charge in [-0.25, -0.2) is 18.2 Å². The number of fused-ring (bicyclic) bond motifs is 1. The molecule has 5 nitrogen and oxygen atoms in total. The number of hydrogen-bond acceptors (Lipinski definition) is 4. The average molecular weight is 408 g/mol. The number of rotatable bonds is 4. The molecule has 0 saturated carbocycles. The molecule has 2 aromatic heterocycles. The minimum Gasteiger partial charge on any atom is -0.591 e. The number of aromatic nitrogens is 2. The standard InChI is InChI=1S/C16H17ClF3N3O2S/c1-16(2,3)26(24)22-12(14(19)20)10-5-23(8-6-25-7-8)15-9(10)4-11(18)13(17)21-15/h4-5,8,14H,6-7H2,1-3H3. The summed E-state index contributed by atoms with van der Waals surface area (Å²) in [5.41, 5.74) is -0.414. The van der Waals surface area contributed by atoms with Crippen molar-refractivity contribution in [3.05, 3.63) is 28.8 Å². The first kappa shape index (κ1) is 19.5. The molecule has 2 aromatic rings. The number of hydrogen-bond donors (Lipinski definition) is 0. The van der Waals surface area contributed by atoms with Crippen LogP contribution in [-0.4, -0.2) is 44.2 Å². The fraction of sp³-hybridized carbons (Fsp3) is 0.500. The minimum atomic E-state index is -2.99. The van der Waals surface area contributed by atoms with Gasteiger partial charge in [-0.1, -0.05) is 16.0 Å². The molecule has 0 amide bonds. The fourth-order valence-corrected chi connectivity index (χ4v) is 3.19. The first-order valence-electron chi connectivity index (χ1n) is 7.83. The van der Waals surface area contributed by atoms with Crippen molar-refractivity contribution < 1.29 is 22.5 Å². The van der Waals surface area contributed by atoms with E-state index in [1.54, 1.807) is 25.3 Å². The van der Waals surface area contributed by atoms with Crippen LogP contribution in [0.1, 0.15) is 32.4 Å². The van der Waals surface area contributed by atoms with Gasteiger partial charge in [-0.3, -0.25) is 0 Å². The van der Waals surface area contributed by atoms with Crippen LogP contribution in [0.25, 0.3) is 11.0 Å². The minimum absolute atomic E-state index is 0.0115. The predicted molar refractivity (Wildman–Crippen MR) is 95.0 cm³/mol. The maximum absolute atomic E-state index is 13.9. The van der Waals surface area contributed by atoms with Crippen molar-refractivity contribution in [1.29, 1.82) is 0 Å². The Labute approximate surface area is 156 Å². The van der Waals surface area contributed by atoms with Gasteiger partial charge in [0, 0.05) is 17.1 Å². The summed E-state index contributed by atoms with van der Waals surface area (Å²) in [7, 11) is 0. The lowest BCUT2D eigenvalue weighted by Crippen LogP contribution is -2.30. The van der Waals surface area contributed by atoms with Crippen molar-refractivity contribution in [3.63, 3.8) is 0 Å². The Bertz CT molecular complexity index is 863. The van der Waals surface area contributed by atoms with E-state index >= 15 is 0 Å². The molecule has 0 aromatic carbocycles. The first-order valence-corrected chi connectivity index (χ1v) is 9.31. The predicted octanol–water partition coefficient (Wildman–Crippen LogP) is 3.92. The van der Waals surface area contributed by atoms with Gasteiger partial charge < -0.3 is 13.9 Å². The highest BCUT2D eigenvalue weighted by Crippen LogP contribution is 2.32. The van der Waals surface area contributed by atoms with Crippen molar-refractivity contribution in [3.8, 4) is 0 Å². The summed E-state index contributed by atoms with van der Waals surface area (Å²) in [5, 5.41) is -0.207. The lowest BCUT2D eigenvalue weighted by atomic mass is 10.1. The van der Waals surface area contributed by atoms with Crippen molar-refractivity contribution in [2.24, 2.45) is 4.40 Å². The maximum atomic E-state index is 13.9. The maximum Gasteiger partial charge on any atom is 0.285 e. The van der Waals surface area contributed by atoms with Gasteiger partial charge >= 0.3 is 0 Å². The van der Waals surface area contributed by atoms with E-state index in [0.29, 0.717) is 13.2 Å². The number of halogens is 4. The third-order valence-electron chi connectivity index (χ3n) is 3.92. The van der Waals surface area contributed by atoms with E-state index < -0.39 is 34.1 Å². The van der Waals surface area contributed by atoms with Crippen molar-refractivity contribution in [1.82, 2.24) is 9.55 Å². The van der Waals surface area contributed by atoms with Gasteiger partial charge in [-0.05, 0) is 26.8 Å². The molecule has 0 bridgehead atoms. The van der Waals surface area contributed by atoms with Crippen LogP contribution in [0.5, 0.6) is 0 Å². The van der Waals surface area contributed by atoms with Gasteiger partial charge in [0.15, 0.2) is 16.7 Å². The molecule has 10 heteroatoms. The molecule has 1 atom stereocenters. The second-order valence-corrected chi connectivity index (χ2v) is 9.18. The molecule has 1 unspecified atom stereocenters. The number of nitrogens with zero attached hydrogens (tertiary/aromatic N) is 3. The van der Waals surface area contributed by atoms with Crippen molar-refractivity contribution >= 4 is 39.7 Å². The number of alkyl halides is 2. The molecule has 0 aliphatic carbocycles. The Balaban J connectivity index is 2.21. The van der Waals surface area contributed by atoms with Gasteiger partial charge in [0.05, 0.1) is 19.3 Å². The van der Waals surface area contributed by atoms with Crippen LogP contribution in [-0.2, 0) is 16.1 Å². The SMILES string of the molecule is CC(C)(C)[S+]([O-])N=C(c1cn(C2COC2)c2nc(Cl)c(F)cc12)C(F)F. The van der Waals surface area contributed by atoms with E-state index in [9.17, 15) is 17.7 Å². The molecular weight excluding hydrogens is 391 g/mol. The van der Waals surface area contributed by atoms with Crippen LogP contribution in [0.15, 0.2) is 16.7 Å². The van der Waals surface area contributed by atoms with E-state index in [-0.39, 0.29) is 27.8 Å². The van der Waals surface area contributed by atoms with Crippen LogP contribution in [0.4, 0.5) is 13.2 Å². The van der Waals surface area contributed by atoms with E-state index in [0.717, 1.165) is 6.07 Å². The van der Waals surface area contributed by atoms with Gasteiger partial charge in [0.1, 0.15) is 21.8 Å². The number of ether oxygens (including phenoxy) is 1. The lowest BCUT2D eigenvalue weighted by molar-refractivity contribution is -0.0216. The quantitative estimate of drug-likeness (QED) is 0.438. The fourth-order valence-electron chi connectivity index (χ4n) is 2.42. The van der Waals surface area contributed by atoms with Crippen molar-refractivity contribution in [2.75, 3.05) is 13.2 Å². The van der Waals surface area contributed by atoms with Gasteiger partial charge in [-0.15, -0.1) is 0 Å². The zero-order chi connectivity index (χ0) is 19.2. The highest BCUT2D eigenvalue weighted by molar-refractivity contribution is 7.91. The lowest BCUT2D eigenvalue weighted by Gasteiger charge is -2.27. The Morgan fingerprint density at radius 3 is 2.62 bits per heavy atom. The summed E-state index contributed by atoms with van der Waals surface area (Å²) in [6.07, 6.45) is -1.57. The summed E-state index contributed by atoms with van der Waals surface area (Å²) < 4.78 is 63.3. The van der Waals surface area contributed by atoms with Crippen LogP contribution in [0, 0.1) is 5.82 Å². The average Bonchev–Trinajstić information content (AvgIpc) is 2.80. The summed E-state index contributed by atoms with van der Waals surface area (Å²) in [5.74, 6) is -0.825. The van der Waals surface area contributed by atoms with E-state index in [1.165, 1.54) is 6.20 Å². The molecule has 142 valence electrons. The zero-order valence-corrected chi connectivity index (χ0v) is 15.9. The number of pyridine rings is 1. The summed E-state index contributed by atoms with van der Waals surface area (Å²) in [6, 6.07) is 0.931. The van der Waals surface area contributed by atoms with Gasteiger partial charge in [0.25, 0.3) is 6.43 Å². The Hall–Kier alpha value is -1.29. The molecule has 3 rings (SSSR count). The smallest absolute Gasteiger partial charge is 0.285 e. The third kappa shape index (κ3) is 3.58. The highest BCUT2D eigenvalue weighted by Gasteiger charge is 2.33. The second-order valence-electron chi connectivity index (χ2n) is 6.91. The molecule has 0 radical (unpaired) electrons. The molecule has 1 aliphatic rings. The first-order chi connectivity index (χ1) is 12.1. The monoisotopic (exact) mass is 407 g/mol. The van der Waals surface area contributed by atoms with Gasteiger partial charge in [-0.2, -0.15) is 0 Å². The van der Waals surface area contributed by atoms with Crippen LogP contribution in [0.3, 0.4) is 0 Å². The van der Waals surface area contributed by atoms with E-state index in [2.05, 4.69) is 9.38 Å². The zero-order valence-electron chi connectivity index (χ0n) is 14.3. The Morgan fingerprint density at radius 2 is 2.12 bits per heavy atom. The van der Waals surface area contributed by atoms with E-state index in [4.69, 9.17) is 16.3 Å². The molecular formula is C16H17ClF3N3O2S. The molecule has 1 saturated heterocycles. The third-order valence-corrected chi connectivity index (χ3v) is 5.59. The van der Waals surface area contributed by atoms with Gasteiger partial charge in [0.2, 0.25) is 0 Å². The van der Waals surface area contributed by atoms with Crippen LogP contribution in [0.2, 0.25) is 5.15 Å². The van der Waals surface area contributed by atoms with Crippen LogP contribution >= 0.6 is 11.6 Å². The summed E-state index contributed by atoms with van der Waals surface area (Å²) >= 11 is 3.87. The topological polar surface area (TPSA) is 62.5 Å². The largest absolute Gasteiger partial charge is 0.591 e. The molecule has 0 spiro atoms. The molecule has 26 heavy (non-hydrogen) atoms. The normalized spacial score (nSPS) is 17.8. The molecule has 3 heterocycles.